The molecule has 0 spiro atoms. The number of benzene rings is 2. The Morgan fingerprint density at radius 2 is 2.04 bits per heavy atom. The molecule has 0 unspecified atom stereocenters. The molecule has 3 rings (SSSR count). The third-order valence-electron chi connectivity index (χ3n) is 3.28. The summed E-state index contributed by atoms with van der Waals surface area (Å²) < 4.78 is 0. The van der Waals surface area contributed by atoms with Gasteiger partial charge in [-0.15, -0.1) is 0 Å². The summed E-state index contributed by atoms with van der Waals surface area (Å²) in [4.78, 5) is 18.9. The number of urea groups is 1. The number of hydrogen-bond acceptors (Lipinski definition) is 3. The molecule has 2 amide bonds. The number of nitrogens with one attached hydrogen (secondary N) is 1. The molecule has 0 aliphatic carbocycles. The number of aliphatic imine (C=N–C) groups is 1. The molecule has 1 aliphatic rings. The zero-order valence-electron chi connectivity index (χ0n) is 12.6. The number of amidine groups is 1. The van der Waals surface area contributed by atoms with Crippen molar-refractivity contribution >= 4 is 45.9 Å². The average molecular weight is 346 g/mol. The first-order chi connectivity index (χ1) is 11.1. The fourth-order valence-corrected chi connectivity index (χ4v) is 3.35. The molecule has 0 fully saturated rings. The first kappa shape index (κ1) is 15.9. The molecule has 0 bridgehead atoms. The Morgan fingerprint density at radius 1 is 1.26 bits per heavy atom. The number of para-hydroxylation sites is 1. The van der Waals surface area contributed by atoms with Crippen molar-refractivity contribution in [1.29, 1.82) is 0 Å². The van der Waals surface area contributed by atoms with Gasteiger partial charge in [0.2, 0.25) is 0 Å². The molecule has 0 saturated carbocycles. The van der Waals surface area contributed by atoms with Gasteiger partial charge in [0.25, 0.3) is 0 Å². The van der Waals surface area contributed by atoms with E-state index in [1.165, 1.54) is 0 Å². The lowest BCUT2D eigenvalue weighted by Gasteiger charge is -2.23. The lowest BCUT2D eigenvalue weighted by molar-refractivity contribution is 0.259. The first-order valence-corrected chi connectivity index (χ1v) is 8.52. The van der Waals surface area contributed by atoms with Gasteiger partial charge in [-0.2, -0.15) is 0 Å². The minimum absolute atomic E-state index is 0.251. The van der Waals surface area contributed by atoms with E-state index in [0.29, 0.717) is 27.7 Å². The molecule has 2 aromatic rings. The van der Waals surface area contributed by atoms with Gasteiger partial charge < -0.3 is 5.32 Å². The van der Waals surface area contributed by atoms with Crippen LogP contribution in [0.25, 0.3) is 0 Å². The topological polar surface area (TPSA) is 44.7 Å². The van der Waals surface area contributed by atoms with Gasteiger partial charge in [-0.05, 0) is 30.3 Å². The Bertz CT molecular complexity index is 736. The van der Waals surface area contributed by atoms with E-state index >= 15 is 0 Å². The van der Waals surface area contributed by atoms with Crippen molar-refractivity contribution in [2.24, 2.45) is 4.99 Å². The zero-order chi connectivity index (χ0) is 16.2. The summed E-state index contributed by atoms with van der Waals surface area (Å²) in [7, 11) is 0. The van der Waals surface area contributed by atoms with Crippen molar-refractivity contribution in [3.05, 3.63) is 59.6 Å². The minimum atomic E-state index is -0.251. The molecule has 0 aromatic heterocycles. The molecule has 0 radical (unpaired) electrons. The van der Waals surface area contributed by atoms with Crippen LogP contribution in [0.4, 0.5) is 16.2 Å². The second-order valence-corrected chi connectivity index (χ2v) is 7.01. The maximum atomic E-state index is 12.8. The Kier molecular flexibility index (Phi) is 4.88. The maximum absolute atomic E-state index is 12.8. The van der Waals surface area contributed by atoms with Crippen molar-refractivity contribution in [3.63, 3.8) is 0 Å². The number of carbonyl (C=O) groups is 1. The summed E-state index contributed by atoms with van der Waals surface area (Å²) >= 11 is 7.67. The lowest BCUT2D eigenvalue weighted by atomic mass is 10.3. The van der Waals surface area contributed by atoms with E-state index in [0.717, 1.165) is 5.69 Å². The monoisotopic (exact) mass is 345 g/mol. The second-order valence-electron chi connectivity index (χ2n) is 5.16. The number of carbonyl (C=O) groups excluding carboxylic acids is 1. The summed E-state index contributed by atoms with van der Waals surface area (Å²) in [6.07, 6.45) is 0. The van der Waals surface area contributed by atoms with Gasteiger partial charge in [-0.1, -0.05) is 54.6 Å². The number of thioether (sulfide) groups is 1. The fourth-order valence-electron chi connectivity index (χ4n) is 2.22. The Balaban J connectivity index is 1.90. The van der Waals surface area contributed by atoms with Crippen LogP contribution >= 0.6 is 23.4 Å². The summed E-state index contributed by atoms with van der Waals surface area (Å²) in [5.41, 5.74) is 1.44. The van der Waals surface area contributed by atoms with Gasteiger partial charge in [0.1, 0.15) is 0 Å². The zero-order valence-corrected chi connectivity index (χ0v) is 14.1. The Morgan fingerprint density at radius 3 is 2.70 bits per heavy atom. The van der Waals surface area contributed by atoms with E-state index in [4.69, 9.17) is 11.6 Å². The van der Waals surface area contributed by atoms with Crippen molar-refractivity contribution in [2.45, 2.75) is 12.2 Å². The summed E-state index contributed by atoms with van der Waals surface area (Å²) in [6.45, 7) is 2.79. The van der Waals surface area contributed by atoms with Crippen molar-refractivity contribution in [2.75, 3.05) is 16.8 Å². The Labute approximate surface area is 144 Å². The van der Waals surface area contributed by atoms with Crippen LogP contribution in [0.5, 0.6) is 0 Å². The van der Waals surface area contributed by atoms with Crippen molar-refractivity contribution < 1.29 is 4.79 Å². The van der Waals surface area contributed by atoms with E-state index in [2.05, 4.69) is 17.2 Å². The largest absolute Gasteiger partial charge is 0.332 e. The molecule has 0 saturated heterocycles. The van der Waals surface area contributed by atoms with Crippen LogP contribution in [-0.2, 0) is 0 Å². The molecule has 2 aromatic carbocycles. The predicted molar refractivity (Wildman–Crippen MR) is 98.7 cm³/mol. The van der Waals surface area contributed by atoms with Gasteiger partial charge >= 0.3 is 6.03 Å². The first-order valence-electron chi connectivity index (χ1n) is 7.26. The highest BCUT2D eigenvalue weighted by atomic mass is 35.5. The number of anilines is 2. The summed E-state index contributed by atoms with van der Waals surface area (Å²) in [5.74, 6) is 0. The average Bonchev–Trinajstić information content (AvgIpc) is 2.94. The molecule has 23 heavy (non-hydrogen) atoms. The summed E-state index contributed by atoms with van der Waals surface area (Å²) in [6, 6.07) is 16.3. The standard InChI is InChI=1S/C17H16ClN3OS/c1-12-11-19-17(23-12)21(15-9-5-6-13(18)10-15)16(22)20-14-7-3-2-4-8-14/h2-10,12H,11H2,1H3,(H,20,22)/t12-/m1/s1. The third kappa shape index (κ3) is 3.86. The van der Waals surface area contributed by atoms with Crippen LogP contribution in [0.2, 0.25) is 5.02 Å². The van der Waals surface area contributed by atoms with E-state index in [9.17, 15) is 4.79 Å². The highest BCUT2D eigenvalue weighted by Gasteiger charge is 2.27. The van der Waals surface area contributed by atoms with E-state index in [1.54, 1.807) is 28.8 Å². The van der Waals surface area contributed by atoms with Crippen molar-refractivity contribution in [3.8, 4) is 0 Å². The van der Waals surface area contributed by atoms with Crippen LogP contribution in [0.1, 0.15) is 6.92 Å². The molecular weight excluding hydrogens is 330 g/mol. The van der Waals surface area contributed by atoms with Gasteiger partial charge in [0.05, 0.1) is 12.2 Å². The SMILES string of the molecule is C[C@@H]1CN=C(N(C(=O)Nc2ccccc2)c2cccc(Cl)c2)S1. The van der Waals surface area contributed by atoms with E-state index in [-0.39, 0.29) is 6.03 Å². The van der Waals surface area contributed by atoms with E-state index < -0.39 is 0 Å². The van der Waals surface area contributed by atoms with Gasteiger partial charge in [-0.25, -0.2) is 9.69 Å². The lowest BCUT2D eigenvalue weighted by Crippen LogP contribution is -2.38. The number of rotatable bonds is 2. The molecule has 6 heteroatoms. The highest BCUT2D eigenvalue weighted by Crippen LogP contribution is 2.29. The van der Waals surface area contributed by atoms with Crippen LogP contribution in [0.15, 0.2) is 59.6 Å². The normalized spacial score (nSPS) is 16.8. The van der Waals surface area contributed by atoms with Crippen LogP contribution in [0, 0.1) is 0 Å². The number of amides is 2. The van der Waals surface area contributed by atoms with Crippen molar-refractivity contribution in [1.82, 2.24) is 0 Å². The smallest absolute Gasteiger partial charge is 0.307 e. The number of nitrogens with zero attached hydrogens (tertiary/aromatic N) is 2. The molecule has 1 atom stereocenters. The van der Waals surface area contributed by atoms with Gasteiger partial charge in [0, 0.05) is 16.0 Å². The highest BCUT2D eigenvalue weighted by molar-refractivity contribution is 8.15. The quantitative estimate of drug-likeness (QED) is 0.843. The Hall–Kier alpha value is -1.98. The van der Waals surface area contributed by atoms with Crippen LogP contribution in [-0.4, -0.2) is 23.0 Å². The number of hydrogen-bond donors (Lipinski definition) is 1. The molecule has 118 valence electrons. The predicted octanol–water partition coefficient (Wildman–Crippen LogP) is 4.87. The maximum Gasteiger partial charge on any atom is 0.332 e. The summed E-state index contributed by atoms with van der Waals surface area (Å²) in [5, 5.41) is 4.53. The fraction of sp³-hybridized carbons (Fsp3) is 0.176. The van der Waals surface area contributed by atoms with E-state index in [1.807, 2.05) is 42.5 Å². The van der Waals surface area contributed by atoms with Gasteiger partial charge in [-0.3, -0.25) is 4.99 Å². The molecule has 1 heterocycles. The number of halogens is 1. The third-order valence-corrected chi connectivity index (χ3v) is 4.59. The molecule has 1 N–H and O–H groups in total. The van der Waals surface area contributed by atoms with Crippen LogP contribution < -0.4 is 10.2 Å². The van der Waals surface area contributed by atoms with Gasteiger partial charge in [0.15, 0.2) is 5.17 Å². The molecule has 1 aliphatic heterocycles. The minimum Gasteiger partial charge on any atom is -0.307 e. The second kappa shape index (κ2) is 7.06. The molecule has 4 nitrogen and oxygen atoms in total. The molecular formula is C17H16ClN3OS. The van der Waals surface area contributed by atoms with Crippen LogP contribution in [0.3, 0.4) is 0 Å².